The van der Waals surface area contributed by atoms with Gasteiger partial charge in [-0.15, -0.1) is 6.42 Å². The van der Waals surface area contributed by atoms with Gasteiger partial charge in [0, 0.05) is 22.7 Å². The molecule has 0 saturated heterocycles. The molecule has 34 heavy (non-hydrogen) atoms. The van der Waals surface area contributed by atoms with Crippen molar-refractivity contribution in [3.8, 4) is 40.9 Å². The van der Waals surface area contributed by atoms with Crippen molar-refractivity contribution in [2.45, 2.75) is 65.5 Å². The van der Waals surface area contributed by atoms with Gasteiger partial charge < -0.3 is 14.6 Å². The predicted octanol–water partition coefficient (Wildman–Crippen LogP) is 7.45. The topological polar surface area (TPSA) is 60.2 Å². The van der Waals surface area contributed by atoms with Crippen LogP contribution in [0.3, 0.4) is 0 Å². The molecule has 0 bridgehead atoms. The number of rotatable bonds is 8. The molecule has 178 valence electrons. The van der Waals surface area contributed by atoms with E-state index in [0.717, 1.165) is 34.2 Å². The van der Waals surface area contributed by atoms with Gasteiger partial charge in [-0.05, 0) is 81.3 Å². The van der Waals surface area contributed by atoms with Crippen LogP contribution < -0.4 is 10.1 Å². The van der Waals surface area contributed by atoms with Gasteiger partial charge >= 0.3 is 0 Å². The van der Waals surface area contributed by atoms with Crippen molar-refractivity contribution < 1.29 is 9.26 Å². The minimum absolute atomic E-state index is 0.0398. The molecule has 0 amide bonds. The second-order valence-corrected chi connectivity index (χ2v) is 9.85. The van der Waals surface area contributed by atoms with Crippen LogP contribution in [-0.4, -0.2) is 22.3 Å². The zero-order valence-electron chi connectivity index (χ0n) is 20.3. The van der Waals surface area contributed by atoms with Crippen LogP contribution in [0.2, 0.25) is 5.02 Å². The third kappa shape index (κ3) is 5.39. The first kappa shape index (κ1) is 24.2. The summed E-state index contributed by atoms with van der Waals surface area (Å²) in [4.78, 5) is 4.56. The number of hydrogen-bond acceptors (Lipinski definition) is 5. The van der Waals surface area contributed by atoms with Crippen molar-refractivity contribution in [1.29, 1.82) is 0 Å². The third-order valence-electron chi connectivity index (χ3n) is 6.68. The normalized spacial score (nSPS) is 18.6. The lowest BCUT2D eigenvalue weighted by Gasteiger charge is -2.19. The molecule has 1 heterocycles. The molecule has 0 radical (unpaired) electrons. The van der Waals surface area contributed by atoms with Gasteiger partial charge in [-0.3, -0.25) is 0 Å². The monoisotopic (exact) mass is 477 g/mol. The van der Waals surface area contributed by atoms with Crippen LogP contribution in [0.4, 0.5) is 5.69 Å². The Morgan fingerprint density at radius 1 is 1.18 bits per heavy atom. The van der Waals surface area contributed by atoms with Crippen LogP contribution in [-0.2, 0) is 0 Å². The Morgan fingerprint density at radius 2 is 1.97 bits per heavy atom. The van der Waals surface area contributed by atoms with Crippen LogP contribution >= 0.6 is 11.6 Å². The van der Waals surface area contributed by atoms with Crippen molar-refractivity contribution in [2.75, 3.05) is 5.32 Å². The number of nitrogens with zero attached hydrogens (tertiary/aromatic N) is 2. The van der Waals surface area contributed by atoms with E-state index >= 15 is 0 Å². The molecule has 1 aliphatic rings. The smallest absolute Gasteiger partial charge is 0.258 e. The van der Waals surface area contributed by atoms with Gasteiger partial charge in [-0.25, -0.2) is 0 Å². The number of terminal acetylenes is 1. The lowest BCUT2D eigenvalue weighted by atomic mass is 9.90. The van der Waals surface area contributed by atoms with Gasteiger partial charge in [0.25, 0.3) is 5.89 Å². The molecular formula is C28H32ClN3O2. The number of aromatic nitrogens is 2. The molecule has 4 rings (SSSR count). The fourth-order valence-corrected chi connectivity index (χ4v) is 4.81. The van der Waals surface area contributed by atoms with E-state index in [0.29, 0.717) is 28.5 Å². The number of halogens is 1. The zero-order valence-corrected chi connectivity index (χ0v) is 21.0. The molecule has 6 heteroatoms. The fraction of sp³-hybridized carbons (Fsp3) is 0.429. The largest absolute Gasteiger partial charge is 0.489 e. The van der Waals surface area contributed by atoms with E-state index in [9.17, 15) is 0 Å². The number of ether oxygens (including phenoxy) is 1. The third-order valence-corrected chi connectivity index (χ3v) is 6.98. The van der Waals surface area contributed by atoms with Crippen molar-refractivity contribution in [3.63, 3.8) is 0 Å². The van der Waals surface area contributed by atoms with Crippen molar-refractivity contribution in [3.05, 3.63) is 47.0 Å². The maximum absolute atomic E-state index is 6.37. The van der Waals surface area contributed by atoms with E-state index in [4.69, 9.17) is 27.3 Å². The molecule has 1 N–H and O–H groups in total. The molecule has 2 unspecified atom stereocenters. The highest BCUT2D eigenvalue weighted by Gasteiger charge is 2.28. The highest BCUT2D eigenvalue weighted by atomic mass is 35.5. The van der Waals surface area contributed by atoms with Crippen LogP contribution in [0, 0.1) is 24.2 Å². The molecular weight excluding hydrogens is 446 g/mol. The summed E-state index contributed by atoms with van der Waals surface area (Å²) in [6.07, 6.45) is 10.8. The van der Waals surface area contributed by atoms with Crippen LogP contribution in [0.15, 0.2) is 40.9 Å². The summed E-state index contributed by atoms with van der Waals surface area (Å²) in [5, 5.41) is 8.31. The number of hydrogen-bond donors (Lipinski definition) is 1. The van der Waals surface area contributed by atoms with Gasteiger partial charge in [-0.1, -0.05) is 42.9 Å². The molecule has 2 aromatic carbocycles. The fourth-order valence-electron chi connectivity index (χ4n) is 4.59. The first-order valence-electron chi connectivity index (χ1n) is 12.1. The van der Waals surface area contributed by atoms with E-state index in [2.05, 4.69) is 35.2 Å². The van der Waals surface area contributed by atoms with E-state index in [1.165, 1.54) is 25.7 Å². The summed E-state index contributed by atoms with van der Waals surface area (Å²) in [6.45, 7) is 8.54. The molecule has 0 spiro atoms. The molecule has 1 saturated carbocycles. The molecule has 5 nitrogen and oxygen atoms in total. The standard InChI is InChI=1S/C28H32ClN3O2/c1-6-18(5)20-8-11-23(15-20)30-25-12-9-22(14-19(25)7-2)28-31-27(32-34-28)21-10-13-26(24(29)16-21)33-17(3)4/h2,9-10,12-14,16-18,20,23,30H,6,8,11,15H2,1,3-5H3/t18?,20-,23?/m1/s1. The first-order valence-corrected chi connectivity index (χ1v) is 12.4. The van der Waals surface area contributed by atoms with E-state index < -0.39 is 0 Å². The Balaban J connectivity index is 1.50. The average molecular weight is 478 g/mol. The van der Waals surface area contributed by atoms with Gasteiger partial charge in [0.15, 0.2) is 0 Å². The predicted molar refractivity (Wildman–Crippen MR) is 138 cm³/mol. The maximum atomic E-state index is 6.37. The molecule has 3 aromatic rings. The molecule has 1 aromatic heterocycles. The van der Waals surface area contributed by atoms with Crippen molar-refractivity contribution >= 4 is 17.3 Å². The Labute approximate surface area is 207 Å². The number of nitrogens with one attached hydrogen (secondary N) is 1. The average Bonchev–Trinajstić information content (AvgIpc) is 3.50. The highest BCUT2D eigenvalue weighted by molar-refractivity contribution is 6.32. The van der Waals surface area contributed by atoms with E-state index in [-0.39, 0.29) is 6.10 Å². The summed E-state index contributed by atoms with van der Waals surface area (Å²) in [5.41, 5.74) is 3.31. The summed E-state index contributed by atoms with van der Waals surface area (Å²) >= 11 is 6.37. The molecule has 0 aliphatic heterocycles. The Hall–Kier alpha value is -2.97. The lowest BCUT2D eigenvalue weighted by Crippen LogP contribution is -2.17. The lowest BCUT2D eigenvalue weighted by molar-refractivity contribution is 0.242. The molecule has 1 aliphatic carbocycles. The highest BCUT2D eigenvalue weighted by Crippen LogP contribution is 2.36. The van der Waals surface area contributed by atoms with Gasteiger partial charge in [0.2, 0.25) is 5.82 Å². The number of anilines is 1. The molecule has 1 fully saturated rings. The van der Waals surface area contributed by atoms with Crippen molar-refractivity contribution in [1.82, 2.24) is 10.1 Å². The van der Waals surface area contributed by atoms with Gasteiger partial charge in [0.1, 0.15) is 5.75 Å². The first-order chi connectivity index (χ1) is 16.4. The van der Waals surface area contributed by atoms with Gasteiger partial charge in [-0.2, -0.15) is 4.98 Å². The minimum Gasteiger partial charge on any atom is -0.489 e. The van der Waals surface area contributed by atoms with Crippen molar-refractivity contribution in [2.24, 2.45) is 11.8 Å². The Morgan fingerprint density at radius 3 is 2.68 bits per heavy atom. The van der Waals surface area contributed by atoms with Crippen LogP contribution in [0.25, 0.3) is 22.8 Å². The zero-order chi connectivity index (χ0) is 24.2. The maximum Gasteiger partial charge on any atom is 0.258 e. The SMILES string of the molecule is C#Cc1cc(-c2nc(-c3ccc(OC(C)C)c(Cl)c3)no2)ccc1NC1CC[C@@H](C(C)CC)C1. The van der Waals surface area contributed by atoms with E-state index in [1.54, 1.807) is 6.07 Å². The summed E-state index contributed by atoms with van der Waals surface area (Å²) < 4.78 is 11.2. The van der Waals surface area contributed by atoms with Crippen LogP contribution in [0.1, 0.15) is 58.9 Å². The number of benzene rings is 2. The summed E-state index contributed by atoms with van der Waals surface area (Å²) in [5.74, 6) is 5.86. The van der Waals surface area contributed by atoms with E-state index in [1.807, 2.05) is 44.2 Å². The second kappa shape index (κ2) is 10.5. The minimum atomic E-state index is 0.0398. The second-order valence-electron chi connectivity index (χ2n) is 9.44. The molecule has 3 atom stereocenters. The Kier molecular flexibility index (Phi) is 7.48. The quantitative estimate of drug-likeness (QED) is 0.341. The Bertz CT molecular complexity index is 1180. The summed E-state index contributed by atoms with van der Waals surface area (Å²) in [7, 11) is 0. The van der Waals surface area contributed by atoms with Crippen LogP contribution in [0.5, 0.6) is 5.75 Å². The summed E-state index contributed by atoms with van der Waals surface area (Å²) in [6, 6.07) is 11.8. The van der Waals surface area contributed by atoms with Gasteiger partial charge in [0.05, 0.1) is 16.8 Å².